The molecule has 0 amide bonds. The zero-order valence-corrected chi connectivity index (χ0v) is 16.2. The Labute approximate surface area is 151 Å². The number of benzene rings is 2. The Morgan fingerprint density at radius 1 is 1.00 bits per heavy atom. The highest BCUT2D eigenvalue weighted by Gasteiger charge is 2.50. The van der Waals surface area contributed by atoms with Crippen LogP contribution >= 0.6 is 0 Å². The Balaban J connectivity index is 1.95. The molecule has 4 heteroatoms. The first-order valence-corrected chi connectivity index (χ1v) is 10.8. The summed E-state index contributed by atoms with van der Waals surface area (Å²) in [5.41, 5.74) is 0. The van der Waals surface area contributed by atoms with Gasteiger partial charge in [-0.2, -0.15) is 0 Å². The van der Waals surface area contributed by atoms with Crippen molar-refractivity contribution < 1.29 is 14.0 Å². The van der Waals surface area contributed by atoms with Crippen molar-refractivity contribution >= 4 is 24.7 Å². The number of hydrogen-bond acceptors (Lipinski definition) is 3. The summed E-state index contributed by atoms with van der Waals surface area (Å²) in [5.74, 6) is -0.101. The van der Waals surface area contributed by atoms with Crippen LogP contribution in [-0.4, -0.2) is 27.0 Å². The number of rotatable bonds is 6. The summed E-state index contributed by atoms with van der Waals surface area (Å²) in [6, 6.07) is 21.2. The van der Waals surface area contributed by atoms with Gasteiger partial charge in [0.15, 0.2) is 0 Å². The minimum atomic E-state index is -2.46. The van der Waals surface area contributed by atoms with Gasteiger partial charge < -0.3 is 9.16 Å². The molecule has 3 rings (SSSR count). The third-order valence-electron chi connectivity index (χ3n) is 4.87. The Morgan fingerprint density at radius 2 is 1.48 bits per heavy atom. The van der Waals surface area contributed by atoms with Gasteiger partial charge in [0.25, 0.3) is 8.32 Å². The topological polar surface area (TPSA) is 35.5 Å². The smallest absolute Gasteiger partial charge is 0.309 e. The molecule has 1 atom stereocenters. The fourth-order valence-corrected chi connectivity index (χ4v) is 8.21. The molecular weight excluding hydrogens is 328 g/mol. The first-order chi connectivity index (χ1) is 11.9. The van der Waals surface area contributed by atoms with E-state index in [2.05, 4.69) is 69.3 Å². The number of ether oxygens (including phenoxy) is 1. The van der Waals surface area contributed by atoms with Crippen molar-refractivity contribution in [2.45, 2.75) is 44.8 Å². The zero-order valence-electron chi connectivity index (χ0n) is 15.2. The molecule has 0 aliphatic carbocycles. The van der Waals surface area contributed by atoms with E-state index in [-0.39, 0.29) is 17.1 Å². The largest absolute Gasteiger partial charge is 0.462 e. The van der Waals surface area contributed by atoms with Crippen LogP contribution in [0.3, 0.4) is 0 Å². The Morgan fingerprint density at radius 3 is 1.88 bits per heavy atom. The maximum atomic E-state index is 11.0. The van der Waals surface area contributed by atoms with Crippen molar-refractivity contribution in [2.24, 2.45) is 0 Å². The molecule has 0 saturated carbocycles. The second kappa shape index (κ2) is 7.14. The van der Waals surface area contributed by atoms with E-state index < -0.39 is 8.32 Å². The van der Waals surface area contributed by atoms with Gasteiger partial charge >= 0.3 is 5.97 Å². The predicted molar refractivity (Wildman–Crippen MR) is 103 cm³/mol. The third-order valence-corrected chi connectivity index (χ3v) is 9.91. The molecule has 3 nitrogen and oxygen atoms in total. The van der Waals surface area contributed by atoms with Crippen LogP contribution in [0.15, 0.2) is 60.7 Å². The van der Waals surface area contributed by atoms with Crippen molar-refractivity contribution in [3.63, 3.8) is 0 Å². The maximum absolute atomic E-state index is 11.0. The first-order valence-electron chi connectivity index (χ1n) is 8.88. The van der Waals surface area contributed by atoms with Crippen LogP contribution in [0, 0.1) is 0 Å². The van der Waals surface area contributed by atoms with Crippen LogP contribution in [0.5, 0.6) is 0 Å². The summed E-state index contributed by atoms with van der Waals surface area (Å²) >= 11 is 0. The molecule has 2 aromatic rings. The summed E-state index contributed by atoms with van der Waals surface area (Å²) in [4.78, 5) is 11.0. The van der Waals surface area contributed by atoms with Gasteiger partial charge in [-0.05, 0) is 15.4 Å². The lowest BCUT2D eigenvalue weighted by Gasteiger charge is -2.43. The SMILES string of the molecule is CC(C)(C)[Si](OCC[C@H]1CC(=O)O1)(c1ccccc1)c1ccccc1. The maximum Gasteiger partial charge on any atom is 0.309 e. The first kappa shape index (κ1) is 17.9. The second-order valence-corrected chi connectivity index (χ2v) is 11.9. The summed E-state index contributed by atoms with van der Waals surface area (Å²) in [5, 5.41) is 2.53. The highest BCUT2D eigenvalue weighted by atomic mass is 28.4. The predicted octanol–water partition coefficient (Wildman–Crippen LogP) is 3.27. The van der Waals surface area contributed by atoms with Crippen molar-refractivity contribution in [1.29, 1.82) is 0 Å². The minimum Gasteiger partial charge on any atom is -0.462 e. The molecule has 1 fully saturated rings. The molecule has 132 valence electrons. The van der Waals surface area contributed by atoms with E-state index in [0.717, 1.165) is 6.42 Å². The van der Waals surface area contributed by atoms with Gasteiger partial charge in [0, 0.05) is 13.0 Å². The third kappa shape index (κ3) is 3.55. The molecule has 0 N–H and O–H groups in total. The molecule has 1 heterocycles. The standard InChI is InChI=1S/C21H26O3Si/c1-21(2,3)25(18-10-6-4-7-11-18,19-12-8-5-9-13-19)23-15-14-17-16-20(22)24-17/h4-13,17H,14-16H2,1-3H3/t17-/m0/s1. The van der Waals surface area contributed by atoms with E-state index in [1.54, 1.807) is 0 Å². The highest BCUT2D eigenvalue weighted by Crippen LogP contribution is 2.37. The number of esters is 1. The lowest BCUT2D eigenvalue weighted by atomic mass is 10.1. The molecule has 0 bridgehead atoms. The van der Waals surface area contributed by atoms with Crippen molar-refractivity contribution in [1.82, 2.24) is 0 Å². The average Bonchev–Trinajstić information content (AvgIpc) is 2.57. The van der Waals surface area contributed by atoms with Gasteiger partial charge in [0.05, 0.1) is 6.42 Å². The van der Waals surface area contributed by atoms with E-state index in [0.29, 0.717) is 13.0 Å². The molecule has 1 saturated heterocycles. The average molecular weight is 355 g/mol. The van der Waals surface area contributed by atoms with Gasteiger partial charge in [0.2, 0.25) is 0 Å². The quantitative estimate of drug-likeness (QED) is 0.590. The normalized spacial score (nSPS) is 17.7. The van der Waals surface area contributed by atoms with E-state index in [1.807, 2.05) is 12.1 Å². The fourth-order valence-electron chi connectivity index (χ4n) is 3.63. The van der Waals surface area contributed by atoms with Gasteiger partial charge in [0.1, 0.15) is 6.10 Å². The van der Waals surface area contributed by atoms with Crippen LogP contribution in [0.1, 0.15) is 33.6 Å². The second-order valence-electron chi connectivity index (χ2n) is 7.62. The van der Waals surface area contributed by atoms with Gasteiger partial charge in [-0.15, -0.1) is 0 Å². The molecule has 0 aromatic heterocycles. The van der Waals surface area contributed by atoms with Crippen molar-refractivity contribution in [3.05, 3.63) is 60.7 Å². The molecule has 1 aliphatic rings. The van der Waals surface area contributed by atoms with Gasteiger partial charge in [-0.3, -0.25) is 4.79 Å². The van der Waals surface area contributed by atoms with E-state index in [1.165, 1.54) is 10.4 Å². The Hall–Kier alpha value is -1.91. The molecule has 0 unspecified atom stereocenters. The van der Waals surface area contributed by atoms with Crippen LogP contribution in [-0.2, 0) is 14.0 Å². The van der Waals surface area contributed by atoms with Crippen LogP contribution in [0.25, 0.3) is 0 Å². The molecule has 0 spiro atoms. The van der Waals surface area contributed by atoms with E-state index in [9.17, 15) is 4.79 Å². The van der Waals surface area contributed by atoms with Crippen molar-refractivity contribution in [3.8, 4) is 0 Å². The van der Waals surface area contributed by atoms with Gasteiger partial charge in [-0.25, -0.2) is 0 Å². The highest BCUT2D eigenvalue weighted by molar-refractivity contribution is 6.99. The Bertz CT molecular complexity index is 659. The van der Waals surface area contributed by atoms with Gasteiger partial charge in [-0.1, -0.05) is 81.4 Å². The van der Waals surface area contributed by atoms with E-state index >= 15 is 0 Å². The molecule has 0 radical (unpaired) electrons. The molecule has 2 aromatic carbocycles. The molecular formula is C21H26O3Si. The number of cyclic esters (lactones) is 1. The molecule has 1 aliphatic heterocycles. The van der Waals surface area contributed by atoms with Crippen molar-refractivity contribution in [2.75, 3.05) is 6.61 Å². The molecule has 25 heavy (non-hydrogen) atoms. The number of hydrogen-bond donors (Lipinski definition) is 0. The minimum absolute atomic E-state index is 0.0192. The monoisotopic (exact) mass is 354 g/mol. The van der Waals surface area contributed by atoms with Crippen LogP contribution < -0.4 is 10.4 Å². The summed E-state index contributed by atoms with van der Waals surface area (Å²) in [7, 11) is -2.46. The van der Waals surface area contributed by atoms with Crippen LogP contribution in [0.2, 0.25) is 5.04 Å². The fraction of sp³-hybridized carbons (Fsp3) is 0.381. The summed E-state index contributed by atoms with van der Waals surface area (Å²) < 4.78 is 11.9. The summed E-state index contributed by atoms with van der Waals surface area (Å²) in [6.45, 7) is 7.40. The lowest BCUT2D eigenvalue weighted by molar-refractivity contribution is -0.170. The lowest BCUT2D eigenvalue weighted by Crippen LogP contribution is -2.66. The van der Waals surface area contributed by atoms with E-state index in [4.69, 9.17) is 9.16 Å². The van der Waals surface area contributed by atoms with Crippen LogP contribution in [0.4, 0.5) is 0 Å². The number of carbonyl (C=O) groups is 1. The Kier molecular flexibility index (Phi) is 5.11. The summed E-state index contributed by atoms with van der Waals surface area (Å²) in [6.07, 6.45) is 1.30. The zero-order chi connectivity index (χ0) is 17.9. The number of carbonyl (C=O) groups excluding carboxylic acids is 1.